The van der Waals surface area contributed by atoms with Crippen LogP contribution in [0, 0.1) is 0 Å². The monoisotopic (exact) mass is 205 g/mol. The zero-order valence-corrected chi connectivity index (χ0v) is 8.13. The van der Waals surface area contributed by atoms with E-state index < -0.39 is 0 Å². The molecule has 0 saturated heterocycles. The number of halogens is 1. The van der Waals surface area contributed by atoms with E-state index in [9.17, 15) is 0 Å². The summed E-state index contributed by atoms with van der Waals surface area (Å²) in [6.45, 7) is 4.42. The molecular weight excluding hydrogens is 192 g/mol. The fraction of sp³-hybridized carbons (Fsp3) is 0.714. The van der Waals surface area contributed by atoms with Crippen LogP contribution in [-0.4, -0.2) is 28.7 Å². The Morgan fingerprint density at radius 3 is 2.80 bits per heavy atom. The Bertz CT molecular complexity index is 147. The van der Waals surface area contributed by atoms with Crippen molar-refractivity contribution < 1.29 is 3.51 Å². The molecule has 3 heteroatoms. The van der Waals surface area contributed by atoms with E-state index >= 15 is 0 Å². The van der Waals surface area contributed by atoms with E-state index in [0.29, 0.717) is 0 Å². The van der Waals surface area contributed by atoms with Gasteiger partial charge < -0.3 is 4.90 Å². The van der Waals surface area contributed by atoms with Gasteiger partial charge in [0, 0.05) is 7.05 Å². The molecule has 0 radical (unpaired) electrons. The second-order valence-corrected chi connectivity index (χ2v) is 4.26. The molecule has 1 aliphatic heterocycles. The summed E-state index contributed by atoms with van der Waals surface area (Å²) < 4.78 is 0.889. The zero-order valence-electron chi connectivity index (χ0n) is 6.55. The lowest BCUT2D eigenvalue weighted by Gasteiger charge is -2.22. The van der Waals surface area contributed by atoms with Crippen molar-refractivity contribution >= 4 is 16.1 Å². The van der Waals surface area contributed by atoms with E-state index in [2.05, 4.69) is 47.4 Å². The van der Waals surface area contributed by atoms with Crippen LogP contribution in [-0.2, 0) is 0 Å². The minimum Gasteiger partial charge on any atom is -0.329 e. The van der Waals surface area contributed by atoms with E-state index in [4.69, 9.17) is 0 Å². The van der Waals surface area contributed by atoms with Crippen molar-refractivity contribution in [2.75, 3.05) is 20.3 Å². The van der Waals surface area contributed by atoms with Crippen molar-refractivity contribution in [1.82, 2.24) is 4.90 Å². The molecule has 1 unspecified atom stereocenters. The molecule has 0 saturated carbocycles. The Balaban J connectivity index is 2.48. The molecule has 1 atom stereocenters. The Labute approximate surface area is 71.0 Å². The maximum absolute atomic E-state index is 3.66. The summed E-state index contributed by atoms with van der Waals surface area (Å²) in [4.78, 5) is 2.18. The van der Waals surface area contributed by atoms with Crippen LogP contribution in [0.3, 0.4) is 0 Å². The van der Waals surface area contributed by atoms with Gasteiger partial charge in [-0.3, -0.25) is 0 Å². The van der Waals surface area contributed by atoms with Gasteiger partial charge in [0.25, 0.3) is 0 Å². The first kappa shape index (κ1) is 8.08. The summed E-state index contributed by atoms with van der Waals surface area (Å²) >= 11 is 3.66. The third-order valence-corrected chi connectivity index (χ3v) is 2.46. The van der Waals surface area contributed by atoms with Crippen molar-refractivity contribution in [3.8, 4) is 0 Å². The van der Waals surface area contributed by atoms with Gasteiger partial charge in [0.2, 0.25) is 16.1 Å². The molecule has 0 aliphatic carbocycles. The highest BCUT2D eigenvalue weighted by Gasteiger charge is 2.27. The molecule has 1 rings (SSSR count). The topological polar surface area (TPSA) is 3.24 Å². The Kier molecular flexibility index (Phi) is 2.36. The molecular formula is C7H14BrN2+. The lowest BCUT2D eigenvalue weighted by molar-refractivity contribution is -0.726. The summed E-state index contributed by atoms with van der Waals surface area (Å²) in [5.41, 5.74) is 0. The van der Waals surface area contributed by atoms with Gasteiger partial charge >= 0.3 is 0 Å². The van der Waals surface area contributed by atoms with Crippen LogP contribution in [0.15, 0.2) is 12.4 Å². The van der Waals surface area contributed by atoms with Crippen LogP contribution in [0.2, 0.25) is 0 Å². The molecule has 58 valence electrons. The molecule has 0 fully saturated rings. The molecule has 0 spiro atoms. The van der Waals surface area contributed by atoms with Crippen LogP contribution >= 0.6 is 16.1 Å². The summed E-state index contributed by atoms with van der Waals surface area (Å²) in [5, 5.41) is 0. The van der Waals surface area contributed by atoms with E-state index in [1.165, 1.54) is 13.0 Å². The van der Waals surface area contributed by atoms with Crippen molar-refractivity contribution in [2.24, 2.45) is 0 Å². The maximum atomic E-state index is 3.66. The van der Waals surface area contributed by atoms with E-state index in [1.807, 2.05) is 0 Å². The molecule has 0 aromatic rings. The first-order valence-electron chi connectivity index (χ1n) is 3.62. The Hall–Kier alpha value is -0.0200. The SMILES string of the molecule is CCC[N+]1(Br)C=CN(C)C1. The normalized spacial score (nSPS) is 31.7. The lowest BCUT2D eigenvalue weighted by atomic mass is 10.4. The maximum Gasteiger partial charge on any atom is 0.234 e. The number of quaternary nitrogens is 1. The van der Waals surface area contributed by atoms with Crippen LogP contribution in [0.1, 0.15) is 13.3 Å². The summed E-state index contributed by atoms with van der Waals surface area (Å²) in [6, 6.07) is 0. The number of nitrogens with zero attached hydrogens (tertiary/aromatic N) is 2. The van der Waals surface area contributed by atoms with Gasteiger partial charge in [-0.2, -0.15) is 0 Å². The minimum absolute atomic E-state index is 0.889. The molecule has 0 amide bonds. The molecule has 0 aromatic heterocycles. The molecule has 0 aromatic carbocycles. The quantitative estimate of drug-likeness (QED) is 0.623. The fourth-order valence-electron chi connectivity index (χ4n) is 1.22. The predicted molar refractivity (Wildman–Crippen MR) is 46.1 cm³/mol. The zero-order chi connectivity index (χ0) is 7.61. The summed E-state index contributed by atoms with van der Waals surface area (Å²) in [6.07, 6.45) is 5.51. The highest BCUT2D eigenvalue weighted by Crippen LogP contribution is 2.22. The van der Waals surface area contributed by atoms with Gasteiger partial charge in [0.15, 0.2) is 6.67 Å². The smallest absolute Gasteiger partial charge is 0.234 e. The van der Waals surface area contributed by atoms with E-state index in [0.717, 1.165) is 10.2 Å². The number of rotatable bonds is 2. The Morgan fingerprint density at radius 2 is 2.40 bits per heavy atom. The van der Waals surface area contributed by atoms with Crippen LogP contribution < -0.4 is 0 Å². The van der Waals surface area contributed by atoms with Crippen molar-refractivity contribution in [1.29, 1.82) is 0 Å². The van der Waals surface area contributed by atoms with Gasteiger partial charge in [0.1, 0.15) is 6.20 Å². The first-order chi connectivity index (χ1) is 4.66. The summed E-state index contributed by atoms with van der Waals surface area (Å²) in [7, 11) is 2.09. The second kappa shape index (κ2) is 2.93. The van der Waals surface area contributed by atoms with Crippen LogP contribution in [0.4, 0.5) is 0 Å². The van der Waals surface area contributed by atoms with Crippen molar-refractivity contribution in [2.45, 2.75) is 13.3 Å². The number of hydrogen-bond donors (Lipinski definition) is 0. The molecule has 0 N–H and O–H groups in total. The van der Waals surface area contributed by atoms with Crippen molar-refractivity contribution in [3.63, 3.8) is 0 Å². The number of hydrogen-bond acceptors (Lipinski definition) is 1. The molecule has 1 aliphatic rings. The highest BCUT2D eigenvalue weighted by molar-refractivity contribution is 9.05. The van der Waals surface area contributed by atoms with Gasteiger partial charge in [-0.25, -0.2) is 3.51 Å². The highest BCUT2D eigenvalue weighted by atomic mass is 79.9. The van der Waals surface area contributed by atoms with Gasteiger partial charge in [-0.1, -0.05) is 6.92 Å². The average molecular weight is 206 g/mol. The first-order valence-corrected chi connectivity index (χ1v) is 4.33. The van der Waals surface area contributed by atoms with Crippen LogP contribution in [0.5, 0.6) is 0 Å². The third kappa shape index (κ3) is 1.73. The Morgan fingerprint density at radius 1 is 1.70 bits per heavy atom. The lowest BCUT2D eigenvalue weighted by Crippen LogP contribution is -2.34. The predicted octanol–water partition coefficient (Wildman–Crippen LogP) is 1.90. The van der Waals surface area contributed by atoms with E-state index in [1.54, 1.807) is 0 Å². The fourth-order valence-corrected chi connectivity index (χ4v) is 2.03. The molecule has 1 heterocycles. The van der Waals surface area contributed by atoms with Gasteiger partial charge in [-0.05, 0) is 6.42 Å². The van der Waals surface area contributed by atoms with E-state index in [-0.39, 0.29) is 0 Å². The van der Waals surface area contributed by atoms with Crippen LogP contribution in [0.25, 0.3) is 0 Å². The second-order valence-electron chi connectivity index (χ2n) is 2.85. The molecule has 0 bridgehead atoms. The van der Waals surface area contributed by atoms with Gasteiger partial charge in [-0.15, -0.1) is 0 Å². The van der Waals surface area contributed by atoms with Gasteiger partial charge in [0.05, 0.1) is 12.7 Å². The molecule has 10 heavy (non-hydrogen) atoms. The standard InChI is InChI=1S/C7H14BrN2/c1-3-5-10(8)6-4-9(2)7-10/h4,6H,3,5,7H2,1-2H3/q+1. The van der Waals surface area contributed by atoms with Crippen molar-refractivity contribution in [3.05, 3.63) is 12.4 Å². The molecule has 2 nitrogen and oxygen atoms in total. The average Bonchev–Trinajstić information content (AvgIpc) is 2.12. The minimum atomic E-state index is 0.889. The third-order valence-electron chi connectivity index (χ3n) is 1.64. The largest absolute Gasteiger partial charge is 0.329 e. The summed E-state index contributed by atoms with van der Waals surface area (Å²) in [5.74, 6) is 0.